The number of hydrogen-bond donors (Lipinski definition) is 4. The monoisotopic (exact) mass is 490 g/mol. The van der Waals surface area contributed by atoms with Gasteiger partial charge in [-0.1, -0.05) is 72.8 Å². The lowest BCUT2D eigenvalue weighted by Crippen LogP contribution is -2.32. The normalized spacial score (nSPS) is 14.6. The van der Waals surface area contributed by atoms with Crippen molar-refractivity contribution >= 4 is 11.6 Å². The van der Waals surface area contributed by atoms with Crippen molar-refractivity contribution in [2.45, 2.75) is 17.9 Å². The Morgan fingerprint density at radius 2 is 1.00 bits per heavy atom. The summed E-state index contributed by atoms with van der Waals surface area (Å²) in [5, 5.41) is 43.2. The highest BCUT2D eigenvalue weighted by Crippen LogP contribution is 2.51. The van der Waals surface area contributed by atoms with Crippen LogP contribution in [0.25, 0.3) is 0 Å². The van der Waals surface area contributed by atoms with Gasteiger partial charge in [-0.3, -0.25) is 0 Å². The van der Waals surface area contributed by atoms with E-state index >= 15 is 0 Å². The highest BCUT2D eigenvalue weighted by atomic mass is 35.5. The molecule has 1 aliphatic heterocycles. The molecule has 35 heavy (non-hydrogen) atoms. The zero-order valence-electron chi connectivity index (χ0n) is 19.0. The fourth-order valence-corrected chi connectivity index (χ4v) is 4.51. The second kappa shape index (κ2) is 10.7. The van der Waals surface area contributed by atoms with Crippen molar-refractivity contribution in [3.63, 3.8) is 0 Å². The first-order valence-corrected chi connectivity index (χ1v) is 11.8. The molecule has 0 aromatic heterocycles. The average molecular weight is 491 g/mol. The predicted octanol–water partition coefficient (Wildman–Crippen LogP) is 5.71. The first kappa shape index (κ1) is 24.5. The molecule has 1 saturated heterocycles. The van der Waals surface area contributed by atoms with Crippen molar-refractivity contribution in [1.29, 1.82) is 0 Å². The number of para-hydroxylation sites is 4. The quantitative estimate of drug-likeness (QED) is 0.158. The summed E-state index contributed by atoms with van der Waals surface area (Å²) in [4.78, 5) is 0. The van der Waals surface area contributed by atoms with E-state index in [-0.39, 0.29) is 29.4 Å². The SMILES string of the molecule is ClCC1CO1.Oc1ccccc1CC(c1ccccc1O)(c1ccccc1O)c1ccccc1O. The van der Waals surface area contributed by atoms with Crippen molar-refractivity contribution in [3.05, 3.63) is 119 Å². The number of aromatic hydroxyl groups is 4. The van der Waals surface area contributed by atoms with Gasteiger partial charge in [-0.05, 0) is 36.2 Å². The first-order valence-electron chi connectivity index (χ1n) is 11.3. The molecule has 1 atom stereocenters. The summed E-state index contributed by atoms with van der Waals surface area (Å²) in [6, 6.07) is 27.6. The van der Waals surface area contributed by atoms with Crippen LogP contribution in [0.1, 0.15) is 22.3 Å². The molecule has 1 fully saturated rings. The van der Waals surface area contributed by atoms with Crippen molar-refractivity contribution in [2.75, 3.05) is 12.5 Å². The van der Waals surface area contributed by atoms with Crippen LogP contribution in [0, 0.1) is 0 Å². The second-order valence-corrected chi connectivity index (χ2v) is 8.68. The van der Waals surface area contributed by atoms with E-state index in [0.717, 1.165) is 6.61 Å². The van der Waals surface area contributed by atoms with E-state index in [4.69, 9.17) is 16.3 Å². The number of benzene rings is 4. The van der Waals surface area contributed by atoms with Gasteiger partial charge >= 0.3 is 0 Å². The lowest BCUT2D eigenvalue weighted by Gasteiger charge is -2.37. The van der Waals surface area contributed by atoms with Gasteiger partial charge in [-0.25, -0.2) is 0 Å². The molecule has 0 saturated carbocycles. The summed E-state index contributed by atoms with van der Waals surface area (Å²) in [5.41, 5.74) is 0.983. The van der Waals surface area contributed by atoms with Crippen LogP contribution in [0.15, 0.2) is 97.1 Å². The molecule has 0 aliphatic carbocycles. The van der Waals surface area contributed by atoms with Crippen molar-refractivity contribution in [1.82, 2.24) is 0 Å². The van der Waals surface area contributed by atoms with Gasteiger partial charge in [0.1, 0.15) is 23.0 Å². The fraction of sp³-hybridized carbons (Fsp3) is 0.172. The molecule has 0 spiro atoms. The van der Waals surface area contributed by atoms with Crippen LogP contribution in [-0.2, 0) is 16.6 Å². The van der Waals surface area contributed by atoms with Crippen LogP contribution in [0.2, 0.25) is 0 Å². The molecule has 1 unspecified atom stereocenters. The summed E-state index contributed by atoms with van der Waals surface area (Å²) in [7, 11) is 0. The lowest BCUT2D eigenvalue weighted by atomic mass is 9.65. The van der Waals surface area contributed by atoms with Crippen LogP contribution in [0.3, 0.4) is 0 Å². The highest BCUT2D eigenvalue weighted by molar-refractivity contribution is 6.18. The second-order valence-electron chi connectivity index (χ2n) is 8.37. The van der Waals surface area contributed by atoms with Gasteiger partial charge in [0.05, 0.1) is 24.0 Å². The van der Waals surface area contributed by atoms with Crippen molar-refractivity contribution < 1.29 is 25.2 Å². The molecule has 0 radical (unpaired) electrons. The molecule has 0 bridgehead atoms. The van der Waals surface area contributed by atoms with E-state index in [1.165, 1.54) is 0 Å². The average Bonchev–Trinajstić information content (AvgIpc) is 3.71. The molecule has 1 aliphatic rings. The van der Waals surface area contributed by atoms with Crippen LogP contribution < -0.4 is 0 Å². The fourth-order valence-electron chi connectivity index (χ4n) is 4.33. The standard InChI is InChI=1S/C26H22O4.C3H5ClO/c27-22-13-5-1-9-18(22)17-26(19-10-2-6-14-23(19)28,20-11-3-7-15-24(20)29)21-12-4-8-16-25(21)30;4-1-3-2-5-3/h1-16,27-30H,17H2;3H,1-2H2. The lowest BCUT2D eigenvalue weighted by molar-refractivity contribution is 0.413. The Kier molecular flexibility index (Phi) is 7.49. The van der Waals surface area contributed by atoms with Gasteiger partial charge in [0.2, 0.25) is 0 Å². The number of rotatable bonds is 6. The van der Waals surface area contributed by atoms with Gasteiger partial charge in [0, 0.05) is 16.7 Å². The van der Waals surface area contributed by atoms with Crippen molar-refractivity contribution in [2.24, 2.45) is 0 Å². The number of ether oxygens (including phenoxy) is 1. The predicted molar refractivity (Wildman–Crippen MR) is 136 cm³/mol. The summed E-state index contributed by atoms with van der Waals surface area (Å²) >= 11 is 5.27. The Labute approximate surface area is 209 Å². The minimum absolute atomic E-state index is 0.0272. The van der Waals surface area contributed by atoms with E-state index in [1.54, 1.807) is 91.0 Å². The number of phenols is 4. The molecule has 4 N–H and O–H groups in total. The Hall–Kier alpha value is -3.67. The molecule has 0 amide bonds. The van der Waals surface area contributed by atoms with E-state index in [2.05, 4.69) is 0 Å². The van der Waals surface area contributed by atoms with E-state index in [9.17, 15) is 20.4 Å². The summed E-state index contributed by atoms with van der Waals surface area (Å²) < 4.78 is 4.73. The molecule has 180 valence electrons. The van der Waals surface area contributed by atoms with Crippen molar-refractivity contribution in [3.8, 4) is 23.0 Å². The van der Waals surface area contributed by atoms with Gasteiger partial charge in [0.25, 0.3) is 0 Å². The third-order valence-corrected chi connectivity index (χ3v) is 6.46. The van der Waals surface area contributed by atoms with Crippen LogP contribution >= 0.6 is 11.6 Å². The number of halogens is 1. The van der Waals surface area contributed by atoms with Crippen LogP contribution in [0.5, 0.6) is 23.0 Å². The third kappa shape index (κ3) is 5.21. The molecule has 5 nitrogen and oxygen atoms in total. The number of alkyl halides is 1. The summed E-state index contributed by atoms with van der Waals surface area (Å²) in [6.45, 7) is 0.878. The number of hydrogen-bond acceptors (Lipinski definition) is 5. The molecule has 4 aromatic rings. The molecular weight excluding hydrogens is 464 g/mol. The maximum atomic E-state index is 10.9. The first-order chi connectivity index (χ1) is 17.0. The smallest absolute Gasteiger partial charge is 0.120 e. The Morgan fingerprint density at radius 1 is 0.629 bits per heavy atom. The van der Waals surface area contributed by atoms with Gasteiger partial charge in [-0.15, -0.1) is 11.6 Å². The molecule has 4 aromatic carbocycles. The van der Waals surface area contributed by atoms with Crippen LogP contribution in [0.4, 0.5) is 0 Å². The maximum Gasteiger partial charge on any atom is 0.120 e. The van der Waals surface area contributed by atoms with E-state index in [1.807, 2.05) is 6.07 Å². The van der Waals surface area contributed by atoms with Crippen LogP contribution in [-0.4, -0.2) is 39.0 Å². The summed E-state index contributed by atoms with van der Waals surface area (Å²) in [6.07, 6.45) is 0.600. The Morgan fingerprint density at radius 3 is 1.31 bits per heavy atom. The van der Waals surface area contributed by atoms with E-state index < -0.39 is 5.41 Å². The summed E-state index contributed by atoms with van der Waals surface area (Å²) in [5.74, 6) is 0.849. The highest BCUT2D eigenvalue weighted by Gasteiger charge is 2.42. The minimum atomic E-state index is -1.17. The van der Waals surface area contributed by atoms with Gasteiger partial charge < -0.3 is 25.2 Å². The number of phenolic OH excluding ortho intramolecular Hbond substituents is 4. The minimum Gasteiger partial charge on any atom is -0.508 e. The topological polar surface area (TPSA) is 93.5 Å². The van der Waals surface area contributed by atoms with Gasteiger partial charge in [0.15, 0.2) is 0 Å². The maximum absolute atomic E-state index is 10.9. The Bertz CT molecular complexity index is 1170. The zero-order chi connectivity index (χ0) is 24.8. The van der Waals surface area contributed by atoms with E-state index in [0.29, 0.717) is 34.2 Å². The third-order valence-electron chi connectivity index (χ3n) is 6.11. The molecular formula is C29H27ClO5. The molecule has 5 rings (SSSR count). The number of epoxide rings is 1. The Balaban J connectivity index is 0.000000514. The van der Waals surface area contributed by atoms with Gasteiger partial charge in [-0.2, -0.15) is 0 Å². The zero-order valence-corrected chi connectivity index (χ0v) is 19.8. The molecule has 6 heteroatoms. The molecule has 1 heterocycles. The largest absolute Gasteiger partial charge is 0.508 e.